The van der Waals surface area contributed by atoms with E-state index in [9.17, 15) is 4.79 Å². The van der Waals surface area contributed by atoms with Crippen molar-refractivity contribution in [3.63, 3.8) is 0 Å². The van der Waals surface area contributed by atoms with Crippen molar-refractivity contribution in [3.05, 3.63) is 0 Å². The first-order valence-corrected chi connectivity index (χ1v) is 6.23. The quantitative estimate of drug-likeness (QED) is 0.429. The highest BCUT2D eigenvalue weighted by Gasteiger charge is 2.23. The maximum atomic E-state index is 11.2. The molecule has 0 bridgehead atoms. The number of nitrogens with two attached hydrogens (primary N) is 1. The zero-order chi connectivity index (χ0) is 10.6. The Balaban J connectivity index is 2.32. The average Bonchev–Trinajstić information content (AvgIpc) is 2.16. The average molecular weight is 216 g/mol. The lowest BCUT2D eigenvalue weighted by Gasteiger charge is -2.27. The SMILES string of the molecule is CC1CCCC(SC(C)C(=O)NN)C1. The summed E-state index contributed by atoms with van der Waals surface area (Å²) >= 11 is 1.76. The highest BCUT2D eigenvalue weighted by atomic mass is 32.2. The summed E-state index contributed by atoms with van der Waals surface area (Å²) in [6.07, 6.45) is 5.13. The first kappa shape index (κ1) is 11.9. The molecule has 3 atom stereocenters. The molecule has 0 spiro atoms. The van der Waals surface area contributed by atoms with E-state index in [-0.39, 0.29) is 11.2 Å². The maximum Gasteiger partial charge on any atom is 0.246 e. The molecule has 82 valence electrons. The molecule has 0 saturated heterocycles. The van der Waals surface area contributed by atoms with Crippen molar-refractivity contribution >= 4 is 17.7 Å². The minimum atomic E-state index is -0.0618. The number of hydrazine groups is 1. The molecule has 1 saturated carbocycles. The van der Waals surface area contributed by atoms with Crippen molar-refractivity contribution in [1.29, 1.82) is 0 Å². The number of carbonyl (C=O) groups is 1. The molecule has 0 aromatic rings. The van der Waals surface area contributed by atoms with Crippen molar-refractivity contribution in [2.45, 2.75) is 50.0 Å². The van der Waals surface area contributed by atoms with Crippen LogP contribution in [0.15, 0.2) is 0 Å². The van der Waals surface area contributed by atoms with E-state index in [2.05, 4.69) is 12.3 Å². The Morgan fingerprint density at radius 3 is 2.86 bits per heavy atom. The molecule has 0 aromatic carbocycles. The molecular weight excluding hydrogens is 196 g/mol. The van der Waals surface area contributed by atoms with Crippen molar-refractivity contribution in [2.24, 2.45) is 11.8 Å². The van der Waals surface area contributed by atoms with Crippen LogP contribution in [-0.2, 0) is 4.79 Å². The minimum absolute atomic E-state index is 0.0182. The molecule has 1 amide bonds. The van der Waals surface area contributed by atoms with Crippen LogP contribution in [-0.4, -0.2) is 16.4 Å². The van der Waals surface area contributed by atoms with Crippen molar-refractivity contribution in [3.8, 4) is 0 Å². The van der Waals surface area contributed by atoms with Crippen LogP contribution in [0.5, 0.6) is 0 Å². The molecule has 0 aromatic heterocycles. The fourth-order valence-electron chi connectivity index (χ4n) is 1.97. The third kappa shape index (κ3) is 3.50. The van der Waals surface area contributed by atoms with Gasteiger partial charge in [0, 0.05) is 5.25 Å². The van der Waals surface area contributed by atoms with Gasteiger partial charge < -0.3 is 0 Å². The normalized spacial score (nSPS) is 29.6. The van der Waals surface area contributed by atoms with Gasteiger partial charge in [-0.25, -0.2) is 5.84 Å². The molecule has 3 N–H and O–H groups in total. The van der Waals surface area contributed by atoms with E-state index in [0.29, 0.717) is 5.25 Å². The van der Waals surface area contributed by atoms with E-state index in [1.165, 1.54) is 25.7 Å². The predicted octanol–water partition coefficient (Wildman–Crippen LogP) is 1.68. The van der Waals surface area contributed by atoms with E-state index in [1.54, 1.807) is 11.8 Å². The molecule has 3 unspecified atom stereocenters. The zero-order valence-corrected chi connectivity index (χ0v) is 9.77. The third-order valence-corrected chi connectivity index (χ3v) is 4.23. The standard InChI is InChI=1S/C10H20N2OS/c1-7-4-3-5-9(6-7)14-8(2)10(13)12-11/h7-9H,3-6,11H2,1-2H3,(H,12,13). The number of rotatable bonds is 3. The van der Waals surface area contributed by atoms with E-state index in [0.717, 1.165) is 5.92 Å². The molecule has 4 heteroatoms. The number of thioether (sulfide) groups is 1. The Morgan fingerprint density at radius 2 is 2.29 bits per heavy atom. The number of hydrogen-bond donors (Lipinski definition) is 2. The lowest BCUT2D eigenvalue weighted by Crippen LogP contribution is -2.37. The fourth-order valence-corrected chi connectivity index (χ4v) is 3.48. The Morgan fingerprint density at radius 1 is 1.57 bits per heavy atom. The van der Waals surface area contributed by atoms with Crippen molar-refractivity contribution in [1.82, 2.24) is 5.43 Å². The summed E-state index contributed by atoms with van der Waals surface area (Å²) in [5.74, 6) is 5.84. The monoisotopic (exact) mass is 216 g/mol. The topological polar surface area (TPSA) is 55.1 Å². The van der Waals surface area contributed by atoms with Crippen LogP contribution in [0.3, 0.4) is 0 Å². The molecule has 1 rings (SSSR count). The van der Waals surface area contributed by atoms with Gasteiger partial charge in [-0.15, -0.1) is 11.8 Å². The molecule has 0 radical (unpaired) electrons. The molecule has 1 aliphatic carbocycles. The highest BCUT2D eigenvalue weighted by molar-refractivity contribution is 8.01. The molecule has 1 aliphatic rings. The third-order valence-electron chi connectivity index (χ3n) is 2.80. The van der Waals surface area contributed by atoms with E-state index < -0.39 is 0 Å². The summed E-state index contributed by atoms with van der Waals surface area (Å²) in [5.41, 5.74) is 2.21. The van der Waals surface area contributed by atoms with Crippen molar-refractivity contribution in [2.75, 3.05) is 0 Å². The van der Waals surface area contributed by atoms with Gasteiger partial charge in [-0.05, 0) is 25.7 Å². The van der Waals surface area contributed by atoms with Gasteiger partial charge in [0.25, 0.3) is 0 Å². The van der Waals surface area contributed by atoms with Gasteiger partial charge in [-0.2, -0.15) is 0 Å². The Labute approximate surface area is 90.2 Å². The largest absolute Gasteiger partial charge is 0.293 e. The first-order valence-electron chi connectivity index (χ1n) is 5.29. The predicted molar refractivity (Wildman–Crippen MR) is 60.8 cm³/mol. The lowest BCUT2D eigenvalue weighted by molar-refractivity contribution is -0.120. The molecule has 0 heterocycles. The number of hydrogen-bond acceptors (Lipinski definition) is 3. The maximum absolute atomic E-state index is 11.2. The fraction of sp³-hybridized carbons (Fsp3) is 0.900. The van der Waals surface area contributed by atoms with E-state index in [4.69, 9.17) is 5.84 Å². The second-order valence-corrected chi connectivity index (χ2v) is 5.83. The molecule has 0 aliphatic heterocycles. The van der Waals surface area contributed by atoms with Crippen molar-refractivity contribution < 1.29 is 4.79 Å². The van der Waals surface area contributed by atoms with Crippen LogP contribution in [0.25, 0.3) is 0 Å². The van der Waals surface area contributed by atoms with Crippen LogP contribution in [0.2, 0.25) is 0 Å². The summed E-state index contributed by atoms with van der Waals surface area (Å²) in [5, 5.41) is 0.626. The highest BCUT2D eigenvalue weighted by Crippen LogP contribution is 2.33. The van der Waals surface area contributed by atoms with Crippen LogP contribution in [0, 0.1) is 5.92 Å². The van der Waals surface area contributed by atoms with E-state index >= 15 is 0 Å². The summed E-state index contributed by atoms with van der Waals surface area (Å²) in [6.45, 7) is 4.21. The van der Waals surface area contributed by atoms with Gasteiger partial charge in [-0.1, -0.05) is 19.8 Å². The first-order chi connectivity index (χ1) is 6.63. The van der Waals surface area contributed by atoms with E-state index in [1.807, 2.05) is 6.92 Å². The lowest BCUT2D eigenvalue weighted by atomic mass is 9.91. The summed E-state index contributed by atoms with van der Waals surface area (Å²) in [6, 6.07) is 0. The minimum Gasteiger partial charge on any atom is -0.293 e. The van der Waals surface area contributed by atoms with Gasteiger partial charge >= 0.3 is 0 Å². The van der Waals surface area contributed by atoms with Crippen LogP contribution < -0.4 is 11.3 Å². The Bertz CT molecular complexity index is 199. The summed E-state index contributed by atoms with van der Waals surface area (Å²) in [7, 11) is 0. The molecule has 1 fully saturated rings. The molecule has 3 nitrogen and oxygen atoms in total. The van der Waals surface area contributed by atoms with Gasteiger partial charge in [-0.3, -0.25) is 10.2 Å². The Hall–Kier alpha value is -0.220. The molecule has 14 heavy (non-hydrogen) atoms. The second-order valence-electron chi connectivity index (χ2n) is 4.18. The van der Waals surface area contributed by atoms with Crippen LogP contribution in [0.4, 0.5) is 0 Å². The number of nitrogens with one attached hydrogen (secondary N) is 1. The van der Waals surface area contributed by atoms with Crippen LogP contribution >= 0.6 is 11.8 Å². The Kier molecular flexibility index (Phi) is 4.75. The zero-order valence-electron chi connectivity index (χ0n) is 8.95. The van der Waals surface area contributed by atoms with Gasteiger partial charge in [0.2, 0.25) is 5.91 Å². The van der Waals surface area contributed by atoms with Gasteiger partial charge in [0.1, 0.15) is 0 Å². The van der Waals surface area contributed by atoms with Crippen LogP contribution in [0.1, 0.15) is 39.5 Å². The second kappa shape index (κ2) is 5.61. The summed E-state index contributed by atoms with van der Waals surface area (Å²) < 4.78 is 0. The number of amides is 1. The molecular formula is C10H20N2OS. The number of carbonyl (C=O) groups excluding carboxylic acids is 1. The summed E-state index contributed by atoms with van der Waals surface area (Å²) in [4.78, 5) is 11.2. The smallest absolute Gasteiger partial charge is 0.246 e. The van der Waals surface area contributed by atoms with Gasteiger partial charge in [0.15, 0.2) is 0 Å². The van der Waals surface area contributed by atoms with Gasteiger partial charge in [0.05, 0.1) is 5.25 Å².